The summed E-state index contributed by atoms with van der Waals surface area (Å²) < 4.78 is 1.16. The molecule has 13 heavy (non-hydrogen) atoms. The summed E-state index contributed by atoms with van der Waals surface area (Å²) in [5.41, 5.74) is 1.43. The summed E-state index contributed by atoms with van der Waals surface area (Å²) in [5, 5.41) is 3.51. The van der Waals surface area contributed by atoms with E-state index in [1.807, 2.05) is 0 Å². The van der Waals surface area contributed by atoms with Crippen LogP contribution in [0.15, 0.2) is 28.7 Å². The summed E-state index contributed by atoms with van der Waals surface area (Å²) in [4.78, 5) is 0. The molecule has 70 valence electrons. The molecule has 1 atom stereocenters. The second kappa shape index (κ2) is 4.25. The first kappa shape index (κ1) is 9.22. The Hall–Kier alpha value is -0.340. The number of benzene rings is 1. The second-order valence-electron chi connectivity index (χ2n) is 3.62. The Bertz CT molecular complexity index is 262. The van der Waals surface area contributed by atoms with Crippen molar-refractivity contribution in [1.29, 1.82) is 0 Å². The molecule has 0 aromatic heterocycles. The normalized spacial score (nSPS) is 22.1. The zero-order valence-electron chi connectivity index (χ0n) is 7.59. The van der Waals surface area contributed by atoms with Gasteiger partial charge in [-0.25, -0.2) is 0 Å². The van der Waals surface area contributed by atoms with E-state index in [-0.39, 0.29) is 0 Å². The molecule has 0 amide bonds. The molecule has 1 unspecified atom stereocenters. The maximum atomic E-state index is 3.51. The highest BCUT2D eigenvalue weighted by Gasteiger charge is 2.13. The number of nitrogens with one attached hydrogen (secondary N) is 1. The third-order valence-corrected chi connectivity index (χ3v) is 3.09. The van der Waals surface area contributed by atoms with E-state index in [1.54, 1.807) is 0 Å². The average molecular weight is 240 g/mol. The lowest BCUT2D eigenvalue weighted by atomic mass is 10.1. The van der Waals surface area contributed by atoms with Crippen molar-refractivity contribution in [3.8, 4) is 0 Å². The number of hydrogen-bond donors (Lipinski definition) is 1. The molecule has 0 bridgehead atoms. The van der Waals surface area contributed by atoms with Crippen molar-refractivity contribution in [2.75, 3.05) is 6.54 Å². The molecule has 1 heterocycles. The first-order valence-electron chi connectivity index (χ1n) is 4.82. The molecule has 1 aromatic carbocycles. The van der Waals surface area contributed by atoms with Gasteiger partial charge < -0.3 is 5.32 Å². The molecular formula is C11H14BrN. The zero-order valence-corrected chi connectivity index (χ0v) is 9.18. The van der Waals surface area contributed by atoms with Crippen LogP contribution in [0.3, 0.4) is 0 Å². The van der Waals surface area contributed by atoms with Gasteiger partial charge in [0.15, 0.2) is 0 Å². The molecule has 1 nitrogen and oxygen atoms in total. The first-order valence-corrected chi connectivity index (χ1v) is 5.62. The van der Waals surface area contributed by atoms with Crippen molar-refractivity contribution >= 4 is 15.9 Å². The molecule has 1 fully saturated rings. The highest BCUT2D eigenvalue weighted by atomic mass is 79.9. The molecule has 1 aliphatic heterocycles. The Morgan fingerprint density at radius 3 is 2.69 bits per heavy atom. The average Bonchev–Trinajstić information content (AvgIpc) is 2.62. The van der Waals surface area contributed by atoms with Crippen LogP contribution < -0.4 is 5.32 Å². The minimum Gasteiger partial charge on any atom is -0.314 e. The maximum Gasteiger partial charge on any atom is 0.0175 e. The van der Waals surface area contributed by atoms with Crippen molar-refractivity contribution in [3.05, 3.63) is 34.3 Å². The first-order chi connectivity index (χ1) is 6.34. The SMILES string of the molecule is Brc1ccc(CC2CCCN2)cc1. The Morgan fingerprint density at radius 1 is 1.31 bits per heavy atom. The Kier molecular flexibility index (Phi) is 3.01. The molecule has 2 rings (SSSR count). The van der Waals surface area contributed by atoms with Crippen molar-refractivity contribution in [3.63, 3.8) is 0 Å². The summed E-state index contributed by atoms with van der Waals surface area (Å²) in [5.74, 6) is 0. The molecule has 1 aromatic rings. The monoisotopic (exact) mass is 239 g/mol. The fraction of sp³-hybridized carbons (Fsp3) is 0.455. The van der Waals surface area contributed by atoms with Crippen molar-refractivity contribution in [2.24, 2.45) is 0 Å². The standard InChI is InChI=1S/C11H14BrN/c12-10-5-3-9(4-6-10)8-11-2-1-7-13-11/h3-6,11,13H,1-2,7-8H2. The van der Waals surface area contributed by atoms with Crippen LogP contribution >= 0.6 is 15.9 Å². The van der Waals surface area contributed by atoms with Crippen LogP contribution in [0, 0.1) is 0 Å². The number of hydrogen-bond acceptors (Lipinski definition) is 1. The fourth-order valence-corrected chi connectivity index (χ4v) is 2.10. The van der Waals surface area contributed by atoms with Crippen LogP contribution in [0.1, 0.15) is 18.4 Å². The summed E-state index contributed by atoms with van der Waals surface area (Å²) in [6.45, 7) is 1.20. The molecule has 0 spiro atoms. The second-order valence-corrected chi connectivity index (χ2v) is 4.54. The lowest BCUT2D eigenvalue weighted by molar-refractivity contribution is 0.603. The van der Waals surface area contributed by atoms with Gasteiger partial charge in [0.05, 0.1) is 0 Å². The molecule has 2 heteroatoms. The van der Waals surface area contributed by atoms with Crippen LogP contribution in [-0.4, -0.2) is 12.6 Å². The predicted octanol–water partition coefficient (Wildman–Crippen LogP) is 2.74. The molecule has 1 N–H and O–H groups in total. The van der Waals surface area contributed by atoms with Crippen LogP contribution in [-0.2, 0) is 6.42 Å². The minimum absolute atomic E-state index is 0.709. The van der Waals surface area contributed by atoms with E-state index < -0.39 is 0 Å². The predicted molar refractivity (Wildman–Crippen MR) is 58.9 cm³/mol. The topological polar surface area (TPSA) is 12.0 Å². The van der Waals surface area contributed by atoms with Gasteiger partial charge in [-0.1, -0.05) is 28.1 Å². The summed E-state index contributed by atoms with van der Waals surface area (Å²) in [7, 11) is 0. The van der Waals surface area contributed by atoms with Gasteiger partial charge in [0.1, 0.15) is 0 Å². The summed E-state index contributed by atoms with van der Waals surface area (Å²) in [6.07, 6.45) is 3.84. The quantitative estimate of drug-likeness (QED) is 0.838. The fourth-order valence-electron chi connectivity index (χ4n) is 1.84. The third kappa shape index (κ3) is 2.55. The minimum atomic E-state index is 0.709. The van der Waals surface area contributed by atoms with Crippen LogP contribution in [0.4, 0.5) is 0 Å². The Morgan fingerprint density at radius 2 is 2.08 bits per heavy atom. The smallest absolute Gasteiger partial charge is 0.0175 e. The zero-order chi connectivity index (χ0) is 9.10. The van der Waals surface area contributed by atoms with E-state index in [2.05, 4.69) is 45.5 Å². The lowest BCUT2D eigenvalue weighted by Crippen LogP contribution is -2.23. The van der Waals surface area contributed by atoms with E-state index in [1.165, 1.54) is 31.4 Å². The van der Waals surface area contributed by atoms with Gasteiger partial charge in [-0.15, -0.1) is 0 Å². The van der Waals surface area contributed by atoms with Crippen LogP contribution in [0.25, 0.3) is 0 Å². The van der Waals surface area contributed by atoms with Gasteiger partial charge in [0.25, 0.3) is 0 Å². The van der Waals surface area contributed by atoms with E-state index >= 15 is 0 Å². The van der Waals surface area contributed by atoms with E-state index in [0.29, 0.717) is 6.04 Å². The van der Waals surface area contributed by atoms with Crippen molar-refractivity contribution < 1.29 is 0 Å². The van der Waals surface area contributed by atoms with Gasteiger partial charge in [0.2, 0.25) is 0 Å². The van der Waals surface area contributed by atoms with E-state index in [0.717, 1.165) is 4.47 Å². The number of halogens is 1. The van der Waals surface area contributed by atoms with Gasteiger partial charge in [-0.05, 0) is 43.5 Å². The van der Waals surface area contributed by atoms with Gasteiger partial charge in [-0.2, -0.15) is 0 Å². The molecule has 1 aliphatic rings. The molecular weight excluding hydrogens is 226 g/mol. The van der Waals surface area contributed by atoms with Crippen molar-refractivity contribution in [2.45, 2.75) is 25.3 Å². The Balaban J connectivity index is 1.97. The molecule has 1 saturated heterocycles. The molecule has 0 saturated carbocycles. The van der Waals surface area contributed by atoms with E-state index in [9.17, 15) is 0 Å². The van der Waals surface area contributed by atoms with E-state index in [4.69, 9.17) is 0 Å². The third-order valence-electron chi connectivity index (χ3n) is 2.56. The van der Waals surface area contributed by atoms with Gasteiger partial charge in [-0.3, -0.25) is 0 Å². The summed E-state index contributed by atoms with van der Waals surface area (Å²) >= 11 is 3.44. The highest BCUT2D eigenvalue weighted by Crippen LogP contribution is 2.15. The van der Waals surface area contributed by atoms with Crippen LogP contribution in [0.2, 0.25) is 0 Å². The van der Waals surface area contributed by atoms with Gasteiger partial charge in [0, 0.05) is 10.5 Å². The largest absolute Gasteiger partial charge is 0.314 e. The van der Waals surface area contributed by atoms with Crippen LogP contribution in [0.5, 0.6) is 0 Å². The van der Waals surface area contributed by atoms with Crippen molar-refractivity contribution in [1.82, 2.24) is 5.32 Å². The molecule has 0 aliphatic carbocycles. The maximum absolute atomic E-state index is 3.51. The lowest BCUT2D eigenvalue weighted by Gasteiger charge is -2.09. The molecule has 0 radical (unpaired) electrons. The number of rotatable bonds is 2. The Labute approximate surface area is 87.7 Å². The highest BCUT2D eigenvalue weighted by molar-refractivity contribution is 9.10. The summed E-state index contributed by atoms with van der Waals surface area (Å²) in [6, 6.07) is 9.34. The van der Waals surface area contributed by atoms with Gasteiger partial charge >= 0.3 is 0 Å².